The van der Waals surface area contributed by atoms with Gasteiger partial charge in [-0.25, -0.2) is 0 Å². The molecule has 190 valence electrons. The first kappa shape index (κ1) is 26.9. The van der Waals surface area contributed by atoms with Crippen molar-refractivity contribution in [3.63, 3.8) is 0 Å². The van der Waals surface area contributed by atoms with Gasteiger partial charge in [0.15, 0.2) is 0 Å². The molecular weight excluding hydrogens is 496 g/mol. The third-order valence-electron chi connectivity index (χ3n) is 5.30. The van der Waals surface area contributed by atoms with E-state index in [2.05, 4.69) is 5.32 Å². The van der Waals surface area contributed by atoms with Crippen LogP contribution in [0.4, 0.5) is 32.0 Å². The number of nitrogens with one attached hydrogen (secondary N) is 1. The number of carbonyl (C=O) groups is 2. The Kier molecular flexibility index (Phi) is 8.70. The van der Waals surface area contributed by atoms with Crippen molar-refractivity contribution in [3.8, 4) is 0 Å². The van der Waals surface area contributed by atoms with Gasteiger partial charge >= 0.3 is 11.7 Å². The summed E-state index contributed by atoms with van der Waals surface area (Å²) in [6.45, 7) is 1.37. The molecule has 12 heteroatoms. The number of para-hydroxylation sites is 1. The molecule has 0 unspecified atom stereocenters. The normalized spacial score (nSPS) is 15.5. The number of thioether (sulfide) groups is 1. The average molecular weight is 520 g/mol. The molecule has 0 radical (unpaired) electrons. The summed E-state index contributed by atoms with van der Waals surface area (Å²) in [7, 11) is 0. The smallest absolute Gasteiger partial charge is 0.341 e. The van der Waals surface area contributed by atoms with E-state index in [1.165, 1.54) is 36.4 Å². The molecule has 0 bridgehead atoms. The maximum atomic E-state index is 13.1. The minimum absolute atomic E-state index is 0.00273. The summed E-state index contributed by atoms with van der Waals surface area (Å²) >= 11 is -0.242. The zero-order valence-electron chi connectivity index (χ0n) is 18.5. The molecule has 3 rings (SSSR count). The molecule has 0 aromatic heterocycles. The lowest BCUT2D eigenvalue weighted by Crippen LogP contribution is -2.38. The lowest BCUT2D eigenvalue weighted by molar-refractivity contribution is -0.137. The first-order chi connectivity index (χ1) is 16.4. The van der Waals surface area contributed by atoms with Crippen molar-refractivity contribution in [3.05, 3.63) is 59.7 Å². The van der Waals surface area contributed by atoms with Gasteiger partial charge in [0, 0.05) is 31.1 Å². The quantitative estimate of drug-likeness (QED) is 0.430. The monoisotopic (exact) mass is 519 g/mol. The molecule has 2 amide bonds. The molecule has 1 saturated heterocycles. The van der Waals surface area contributed by atoms with Gasteiger partial charge in [-0.1, -0.05) is 24.3 Å². The molecule has 0 spiro atoms. The molecule has 0 atom stereocenters. The fourth-order valence-electron chi connectivity index (χ4n) is 3.75. The molecule has 2 aromatic carbocycles. The van der Waals surface area contributed by atoms with Crippen LogP contribution < -0.4 is 5.32 Å². The summed E-state index contributed by atoms with van der Waals surface area (Å²) in [4.78, 5) is 28.4. The minimum atomic E-state index is -4.60. The van der Waals surface area contributed by atoms with E-state index in [0.29, 0.717) is 38.2 Å². The molecule has 1 heterocycles. The number of benzene rings is 2. The Morgan fingerprint density at radius 2 is 1.66 bits per heavy atom. The van der Waals surface area contributed by atoms with Crippen LogP contribution in [0, 0.1) is 0 Å². The number of amides is 2. The van der Waals surface area contributed by atoms with E-state index in [9.17, 15) is 35.9 Å². The lowest BCUT2D eigenvalue weighted by Gasteiger charge is -2.22. The van der Waals surface area contributed by atoms with Crippen LogP contribution in [0.2, 0.25) is 0 Å². The third kappa shape index (κ3) is 8.46. The highest BCUT2D eigenvalue weighted by atomic mass is 32.2. The van der Waals surface area contributed by atoms with Crippen LogP contribution >= 0.6 is 11.8 Å². The van der Waals surface area contributed by atoms with Gasteiger partial charge in [0.05, 0.1) is 24.2 Å². The fraction of sp³-hybridized carbons (Fsp3) is 0.391. The number of hydrogen-bond donors (Lipinski definition) is 1. The second kappa shape index (κ2) is 11.3. The van der Waals surface area contributed by atoms with E-state index >= 15 is 0 Å². The zero-order chi connectivity index (χ0) is 25.6. The van der Waals surface area contributed by atoms with E-state index in [1.54, 1.807) is 15.9 Å². The molecule has 0 saturated carbocycles. The maximum Gasteiger partial charge on any atom is 0.446 e. The van der Waals surface area contributed by atoms with Crippen LogP contribution in [0.15, 0.2) is 53.4 Å². The third-order valence-corrected chi connectivity index (χ3v) is 6.02. The number of hydrogen-bond acceptors (Lipinski definition) is 4. The highest BCUT2D eigenvalue weighted by Gasteiger charge is 2.34. The lowest BCUT2D eigenvalue weighted by atomic mass is 10.1. The highest BCUT2D eigenvalue weighted by Crippen LogP contribution is 2.37. The number of rotatable bonds is 6. The van der Waals surface area contributed by atoms with Crippen LogP contribution in [0.1, 0.15) is 17.5 Å². The van der Waals surface area contributed by atoms with Crippen LogP contribution in [0.3, 0.4) is 0 Å². The second-order valence-electron chi connectivity index (χ2n) is 7.97. The van der Waals surface area contributed by atoms with Gasteiger partial charge in [0.25, 0.3) is 0 Å². The van der Waals surface area contributed by atoms with Crippen LogP contribution in [-0.4, -0.2) is 59.8 Å². The minimum Gasteiger partial charge on any atom is -0.341 e. The first-order valence-electron chi connectivity index (χ1n) is 10.7. The van der Waals surface area contributed by atoms with E-state index in [1.807, 2.05) is 0 Å². The molecule has 1 aliphatic heterocycles. The van der Waals surface area contributed by atoms with Crippen molar-refractivity contribution in [1.29, 1.82) is 0 Å². The Morgan fingerprint density at radius 3 is 2.37 bits per heavy atom. The Balaban J connectivity index is 1.53. The van der Waals surface area contributed by atoms with Crippen molar-refractivity contribution < 1.29 is 35.9 Å². The second-order valence-corrected chi connectivity index (χ2v) is 9.11. The number of carbonyl (C=O) groups excluding carboxylic acids is 2. The van der Waals surface area contributed by atoms with Gasteiger partial charge in [-0.2, -0.15) is 26.3 Å². The fourth-order valence-corrected chi connectivity index (χ4v) is 4.37. The Morgan fingerprint density at radius 1 is 0.914 bits per heavy atom. The largest absolute Gasteiger partial charge is 0.446 e. The molecule has 1 fully saturated rings. The average Bonchev–Trinajstić information content (AvgIpc) is 2.98. The van der Waals surface area contributed by atoms with Gasteiger partial charge in [0.2, 0.25) is 11.8 Å². The molecule has 2 aromatic rings. The van der Waals surface area contributed by atoms with Crippen LogP contribution in [0.25, 0.3) is 0 Å². The predicted octanol–water partition coefficient (Wildman–Crippen LogP) is 5.03. The van der Waals surface area contributed by atoms with E-state index in [-0.39, 0.29) is 41.2 Å². The first-order valence-corrected chi connectivity index (χ1v) is 11.5. The molecule has 1 N–H and O–H groups in total. The van der Waals surface area contributed by atoms with Gasteiger partial charge in [0.1, 0.15) is 0 Å². The standard InChI is InChI=1S/C23H23F6N3O2S/c24-22(25,26)18-7-1-2-8-19(18)30-20(33)15-31-9-4-10-32(12-11-31)21(34)14-16-5-3-6-17(13-16)35-23(27,28)29/h1-3,5-8,13H,4,9-12,14-15H2,(H,30,33). The van der Waals surface area contributed by atoms with E-state index in [4.69, 9.17) is 0 Å². The van der Waals surface area contributed by atoms with Gasteiger partial charge < -0.3 is 10.2 Å². The van der Waals surface area contributed by atoms with E-state index < -0.39 is 23.2 Å². The van der Waals surface area contributed by atoms with Gasteiger partial charge in [-0.15, -0.1) is 0 Å². The van der Waals surface area contributed by atoms with Gasteiger partial charge in [-0.05, 0) is 48.0 Å². The SMILES string of the molecule is O=C(CN1CCCN(C(=O)Cc2cccc(SC(F)(F)F)c2)CC1)Nc1ccccc1C(F)(F)F. The Bertz CT molecular complexity index is 1040. The molecular formula is C23H23F6N3O2S. The predicted molar refractivity (Wildman–Crippen MR) is 120 cm³/mol. The summed E-state index contributed by atoms with van der Waals surface area (Å²) in [5, 5.41) is 2.31. The van der Waals surface area contributed by atoms with Crippen LogP contribution in [-0.2, 0) is 22.2 Å². The van der Waals surface area contributed by atoms with E-state index in [0.717, 1.165) is 6.07 Å². The summed E-state index contributed by atoms with van der Waals surface area (Å²) in [6, 6.07) is 10.4. The highest BCUT2D eigenvalue weighted by molar-refractivity contribution is 8.00. The topological polar surface area (TPSA) is 52.7 Å². The number of halogens is 6. The van der Waals surface area contributed by atoms with Crippen molar-refractivity contribution in [1.82, 2.24) is 9.80 Å². The summed E-state index contributed by atoms with van der Waals surface area (Å²) in [6.07, 6.45) is -4.11. The van der Waals surface area contributed by atoms with Crippen molar-refractivity contribution in [2.75, 3.05) is 38.0 Å². The Labute approximate surface area is 202 Å². The number of anilines is 1. The zero-order valence-corrected chi connectivity index (χ0v) is 19.3. The van der Waals surface area contributed by atoms with Crippen molar-refractivity contribution in [2.45, 2.75) is 29.4 Å². The molecule has 35 heavy (non-hydrogen) atoms. The maximum absolute atomic E-state index is 13.1. The summed E-state index contributed by atoms with van der Waals surface area (Å²) < 4.78 is 77.2. The van der Waals surface area contributed by atoms with Crippen LogP contribution in [0.5, 0.6) is 0 Å². The van der Waals surface area contributed by atoms with Gasteiger partial charge in [-0.3, -0.25) is 14.5 Å². The number of nitrogens with zero attached hydrogens (tertiary/aromatic N) is 2. The molecule has 5 nitrogen and oxygen atoms in total. The van der Waals surface area contributed by atoms with Crippen molar-refractivity contribution in [2.24, 2.45) is 0 Å². The summed E-state index contributed by atoms with van der Waals surface area (Å²) in [5.74, 6) is -0.843. The molecule has 0 aliphatic carbocycles. The van der Waals surface area contributed by atoms with Crippen molar-refractivity contribution >= 4 is 29.3 Å². The Hall–Kier alpha value is -2.73. The number of alkyl halides is 6. The summed E-state index contributed by atoms with van der Waals surface area (Å²) in [5.41, 5.74) is -5.20. The molecule has 1 aliphatic rings.